The summed E-state index contributed by atoms with van der Waals surface area (Å²) >= 11 is 0. The summed E-state index contributed by atoms with van der Waals surface area (Å²) in [7, 11) is 1.99. The molecule has 1 rings (SSSR count). The second-order valence-corrected chi connectivity index (χ2v) is 3.66. The Hall–Kier alpha value is -2.07. The number of imidazole rings is 1. The lowest BCUT2D eigenvalue weighted by Gasteiger charge is -2.08. The Balaban J connectivity index is -0.000000241. The first-order valence-electron chi connectivity index (χ1n) is 9.13. The highest BCUT2D eigenvalue weighted by Crippen LogP contribution is 1.94. The van der Waals surface area contributed by atoms with Gasteiger partial charge in [0.1, 0.15) is 0 Å². The third-order valence-electron chi connectivity index (χ3n) is 2.37. The van der Waals surface area contributed by atoms with Crippen molar-refractivity contribution < 1.29 is 0 Å². The molecule has 0 bridgehead atoms. The molecule has 0 saturated carbocycles. The summed E-state index contributed by atoms with van der Waals surface area (Å²) in [6.45, 7) is 27.9. The van der Waals surface area contributed by atoms with Gasteiger partial charge in [0.15, 0.2) is 0 Å². The van der Waals surface area contributed by atoms with Crippen molar-refractivity contribution in [3.8, 4) is 0 Å². The molecule has 1 aromatic heterocycles. The van der Waals surface area contributed by atoms with Crippen LogP contribution in [-0.2, 0) is 13.6 Å². The van der Waals surface area contributed by atoms with Gasteiger partial charge in [-0.25, -0.2) is 4.98 Å². The number of nitrogens with one attached hydrogen (secondary N) is 2. The fourth-order valence-corrected chi connectivity index (χ4v) is 1.39. The zero-order valence-electron chi connectivity index (χ0n) is 17.7. The second-order valence-electron chi connectivity index (χ2n) is 3.66. The molecule has 0 atom stereocenters. The largest absolute Gasteiger partial charge is 0.384 e. The van der Waals surface area contributed by atoms with Gasteiger partial charge in [-0.2, -0.15) is 0 Å². The molecular formula is C21H42N4. The quantitative estimate of drug-likeness (QED) is 0.383. The topological polar surface area (TPSA) is 41.9 Å². The summed E-state index contributed by atoms with van der Waals surface area (Å²) in [5, 5.41) is 6.59. The van der Waals surface area contributed by atoms with E-state index in [-0.39, 0.29) is 0 Å². The Morgan fingerprint density at radius 1 is 1.08 bits per heavy atom. The molecule has 0 spiro atoms. The first-order chi connectivity index (χ1) is 12.3. The molecule has 0 aliphatic carbocycles. The van der Waals surface area contributed by atoms with Crippen LogP contribution in [0.1, 0.15) is 47.2 Å². The van der Waals surface area contributed by atoms with Crippen molar-refractivity contribution in [2.45, 2.75) is 48.1 Å². The Morgan fingerprint density at radius 2 is 1.64 bits per heavy atom. The predicted molar refractivity (Wildman–Crippen MR) is 117 cm³/mol. The van der Waals surface area contributed by atoms with E-state index in [1.54, 1.807) is 18.5 Å². The van der Waals surface area contributed by atoms with Crippen LogP contribution in [0.3, 0.4) is 0 Å². The Morgan fingerprint density at radius 3 is 2.04 bits per heavy atom. The summed E-state index contributed by atoms with van der Waals surface area (Å²) in [4.78, 5) is 4.06. The fraction of sp³-hybridized carbons (Fsp3) is 0.476. The second kappa shape index (κ2) is 29.9. The Bertz CT molecular complexity index is 406. The van der Waals surface area contributed by atoms with Crippen LogP contribution < -0.4 is 10.6 Å². The van der Waals surface area contributed by atoms with Crippen LogP contribution in [0, 0.1) is 0 Å². The number of hydrogen-bond acceptors (Lipinski definition) is 3. The number of allylic oxidation sites excluding steroid dienone is 3. The lowest BCUT2D eigenvalue weighted by atomic mass is 10.3. The highest BCUT2D eigenvalue weighted by Gasteiger charge is 1.96. The number of aryl methyl sites for hydroxylation is 1. The molecule has 1 aromatic rings. The zero-order valence-corrected chi connectivity index (χ0v) is 17.7. The summed E-state index contributed by atoms with van der Waals surface area (Å²) < 4.78 is 2.01. The maximum atomic E-state index is 4.06. The molecule has 0 aromatic carbocycles. The standard InChI is InChI=1S/C13H20N4.3C2H6.C2H4/c1-4-6-12(5-2)16-8-7-14-9-13-10-15-11-17(13)3;4*1-2/h4-6,10-11,14,16H,1-2,7-9H2,3H3;3*1-2H3;1-2H2/b12-6+;;;;. The van der Waals surface area contributed by atoms with E-state index < -0.39 is 0 Å². The van der Waals surface area contributed by atoms with Crippen LogP contribution in [0.5, 0.6) is 0 Å². The zero-order chi connectivity index (χ0) is 20.5. The predicted octanol–water partition coefficient (Wildman–Crippen LogP) is 5.24. The minimum absolute atomic E-state index is 0.826. The first kappa shape index (κ1) is 30.8. The van der Waals surface area contributed by atoms with Crippen molar-refractivity contribution in [1.29, 1.82) is 0 Å². The number of aromatic nitrogens is 2. The van der Waals surface area contributed by atoms with Crippen LogP contribution in [0.4, 0.5) is 0 Å². The maximum absolute atomic E-state index is 4.06. The summed E-state index contributed by atoms with van der Waals surface area (Å²) in [6, 6.07) is 0. The summed E-state index contributed by atoms with van der Waals surface area (Å²) in [5.41, 5.74) is 2.16. The summed E-state index contributed by atoms with van der Waals surface area (Å²) in [6.07, 6.45) is 9.09. The monoisotopic (exact) mass is 350 g/mol. The lowest BCUT2D eigenvalue weighted by Crippen LogP contribution is -2.26. The highest BCUT2D eigenvalue weighted by molar-refractivity contribution is 5.18. The van der Waals surface area contributed by atoms with Crippen molar-refractivity contribution in [3.05, 3.63) is 68.5 Å². The van der Waals surface area contributed by atoms with E-state index in [2.05, 4.69) is 41.9 Å². The lowest BCUT2D eigenvalue weighted by molar-refractivity contribution is 0.632. The van der Waals surface area contributed by atoms with Crippen LogP contribution in [-0.4, -0.2) is 22.6 Å². The van der Waals surface area contributed by atoms with Crippen molar-refractivity contribution in [2.75, 3.05) is 13.1 Å². The van der Waals surface area contributed by atoms with E-state index in [0.29, 0.717) is 0 Å². The maximum Gasteiger partial charge on any atom is 0.0945 e. The SMILES string of the molecule is C=C.C=C/C=C(\C=C)NCCNCc1cncn1C.CC.CC.CC. The highest BCUT2D eigenvalue weighted by atomic mass is 15.0. The first-order valence-corrected chi connectivity index (χ1v) is 9.13. The normalized spacial score (nSPS) is 8.52. The molecule has 0 fully saturated rings. The molecular weight excluding hydrogens is 308 g/mol. The fourth-order valence-electron chi connectivity index (χ4n) is 1.39. The van der Waals surface area contributed by atoms with E-state index in [4.69, 9.17) is 0 Å². The van der Waals surface area contributed by atoms with Gasteiger partial charge in [-0.05, 0) is 12.2 Å². The third kappa shape index (κ3) is 19.9. The minimum Gasteiger partial charge on any atom is -0.384 e. The molecule has 4 heteroatoms. The van der Waals surface area contributed by atoms with Gasteiger partial charge in [-0.1, -0.05) is 60.8 Å². The average Bonchev–Trinajstić information content (AvgIpc) is 3.12. The van der Waals surface area contributed by atoms with Crippen molar-refractivity contribution in [1.82, 2.24) is 20.2 Å². The van der Waals surface area contributed by atoms with Crippen LogP contribution >= 0.6 is 0 Å². The third-order valence-corrected chi connectivity index (χ3v) is 2.37. The van der Waals surface area contributed by atoms with Gasteiger partial charge in [0.25, 0.3) is 0 Å². The number of rotatable bonds is 8. The minimum atomic E-state index is 0.826. The molecule has 0 aliphatic heterocycles. The average molecular weight is 351 g/mol. The Kier molecular flexibility index (Phi) is 36.8. The van der Waals surface area contributed by atoms with Gasteiger partial charge in [0.05, 0.1) is 12.0 Å². The van der Waals surface area contributed by atoms with E-state index >= 15 is 0 Å². The van der Waals surface area contributed by atoms with Gasteiger partial charge >= 0.3 is 0 Å². The molecule has 0 unspecified atom stereocenters. The van der Waals surface area contributed by atoms with Gasteiger partial charge in [0, 0.05) is 38.6 Å². The van der Waals surface area contributed by atoms with E-state index in [1.165, 1.54) is 5.69 Å². The molecule has 0 radical (unpaired) electrons. The molecule has 146 valence electrons. The van der Waals surface area contributed by atoms with E-state index in [1.807, 2.05) is 65.4 Å². The van der Waals surface area contributed by atoms with Crippen molar-refractivity contribution in [2.24, 2.45) is 7.05 Å². The van der Waals surface area contributed by atoms with Crippen molar-refractivity contribution >= 4 is 0 Å². The van der Waals surface area contributed by atoms with Gasteiger partial charge in [-0.15, -0.1) is 13.2 Å². The molecule has 0 amide bonds. The van der Waals surface area contributed by atoms with Gasteiger partial charge in [0.2, 0.25) is 0 Å². The molecule has 0 aliphatic rings. The van der Waals surface area contributed by atoms with Crippen LogP contribution in [0.25, 0.3) is 0 Å². The molecule has 2 N–H and O–H groups in total. The number of hydrogen-bond donors (Lipinski definition) is 2. The smallest absolute Gasteiger partial charge is 0.0945 e. The van der Waals surface area contributed by atoms with Crippen LogP contribution in [0.2, 0.25) is 0 Å². The van der Waals surface area contributed by atoms with Crippen molar-refractivity contribution in [3.63, 3.8) is 0 Å². The molecule has 25 heavy (non-hydrogen) atoms. The van der Waals surface area contributed by atoms with Crippen LogP contribution in [0.15, 0.2) is 62.8 Å². The molecule has 1 heterocycles. The van der Waals surface area contributed by atoms with E-state index in [9.17, 15) is 0 Å². The molecule has 0 saturated heterocycles. The number of nitrogens with zero attached hydrogens (tertiary/aromatic N) is 2. The molecule has 4 nitrogen and oxygen atoms in total. The Labute approximate surface area is 157 Å². The van der Waals surface area contributed by atoms with Gasteiger partial charge in [-0.3, -0.25) is 0 Å². The summed E-state index contributed by atoms with van der Waals surface area (Å²) in [5.74, 6) is 0. The van der Waals surface area contributed by atoms with E-state index in [0.717, 1.165) is 25.3 Å². The van der Waals surface area contributed by atoms with Gasteiger partial charge < -0.3 is 15.2 Å².